The summed E-state index contributed by atoms with van der Waals surface area (Å²) >= 11 is 0. The van der Waals surface area contributed by atoms with Gasteiger partial charge >= 0.3 is 0 Å². The first-order chi connectivity index (χ1) is 9.31. The molecule has 0 aliphatic carbocycles. The average Bonchev–Trinajstić information content (AvgIpc) is 2.44. The van der Waals surface area contributed by atoms with E-state index in [9.17, 15) is 0 Å². The van der Waals surface area contributed by atoms with E-state index in [-0.39, 0.29) is 0 Å². The summed E-state index contributed by atoms with van der Waals surface area (Å²) in [6, 6.07) is 16.8. The molecule has 2 aromatic carbocycles. The van der Waals surface area contributed by atoms with Crippen molar-refractivity contribution in [3.05, 3.63) is 60.3 Å². The highest BCUT2D eigenvalue weighted by Gasteiger charge is 2.05. The van der Waals surface area contributed by atoms with Crippen molar-refractivity contribution in [2.75, 3.05) is 0 Å². The van der Waals surface area contributed by atoms with E-state index in [2.05, 4.69) is 42.2 Å². The summed E-state index contributed by atoms with van der Waals surface area (Å²) < 4.78 is 0. The van der Waals surface area contributed by atoms with E-state index in [1.54, 1.807) is 0 Å². The number of rotatable bonds is 0. The maximum Gasteiger partial charge on any atom is 0.0972 e. The molecule has 90 valence electrons. The fourth-order valence-electron chi connectivity index (χ4n) is 2.55. The van der Waals surface area contributed by atoms with Crippen molar-refractivity contribution in [1.82, 2.24) is 9.97 Å². The van der Waals surface area contributed by atoms with Crippen LogP contribution in [0.1, 0.15) is 5.56 Å². The number of hydrogen-bond acceptors (Lipinski definition) is 2. The predicted octanol–water partition coefficient (Wildman–Crippen LogP) is 4.24. The molecule has 4 aromatic rings. The van der Waals surface area contributed by atoms with Gasteiger partial charge in [-0.2, -0.15) is 0 Å². The van der Waals surface area contributed by atoms with Crippen LogP contribution in [0.2, 0.25) is 0 Å². The number of benzene rings is 2. The number of nitrogens with zero attached hydrogens (tertiary/aromatic N) is 2. The van der Waals surface area contributed by atoms with E-state index in [1.165, 1.54) is 10.9 Å². The second kappa shape index (κ2) is 3.75. The van der Waals surface area contributed by atoms with Crippen LogP contribution in [0.25, 0.3) is 32.7 Å². The lowest BCUT2D eigenvalue weighted by molar-refractivity contribution is 1.33. The van der Waals surface area contributed by atoms with Gasteiger partial charge in [-0.15, -0.1) is 0 Å². The zero-order chi connectivity index (χ0) is 12.8. The Morgan fingerprint density at radius 3 is 2.47 bits per heavy atom. The molecule has 2 nitrogen and oxygen atoms in total. The summed E-state index contributed by atoms with van der Waals surface area (Å²) in [5.74, 6) is 0. The smallest absolute Gasteiger partial charge is 0.0972 e. The van der Waals surface area contributed by atoms with Crippen LogP contribution in [0.15, 0.2) is 54.7 Å². The van der Waals surface area contributed by atoms with Gasteiger partial charge in [0.1, 0.15) is 0 Å². The quantitative estimate of drug-likeness (QED) is 0.341. The summed E-state index contributed by atoms with van der Waals surface area (Å²) in [4.78, 5) is 9.33. The third-order valence-electron chi connectivity index (χ3n) is 3.47. The fourth-order valence-corrected chi connectivity index (χ4v) is 2.55. The van der Waals surface area contributed by atoms with Gasteiger partial charge in [-0.25, -0.2) is 4.98 Å². The van der Waals surface area contributed by atoms with Gasteiger partial charge in [0.05, 0.1) is 16.6 Å². The van der Waals surface area contributed by atoms with Crippen LogP contribution in [0.3, 0.4) is 0 Å². The minimum absolute atomic E-state index is 0.980. The number of aromatic nitrogens is 2. The Morgan fingerprint density at radius 1 is 0.789 bits per heavy atom. The van der Waals surface area contributed by atoms with Crippen molar-refractivity contribution < 1.29 is 0 Å². The van der Waals surface area contributed by atoms with Gasteiger partial charge in [0.25, 0.3) is 0 Å². The van der Waals surface area contributed by atoms with E-state index >= 15 is 0 Å². The normalized spacial score (nSPS) is 11.4. The molecule has 0 fully saturated rings. The third-order valence-corrected chi connectivity index (χ3v) is 3.47. The summed E-state index contributed by atoms with van der Waals surface area (Å²) in [5.41, 5.74) is 4.16. The highest BCUT2D eigenvalue weighted by Crippen LogP contribution is 2.25. The Labute approximate surface area is 110 Å². The van der Waals surface area contributed by atoms with Crippen LogP contribution in [0.5, 0.6) is 0 Å². The van der Waals surface area contributed by atoms with Crippen molar-refractivity contribution >= 4 is 32.7 Å². The van der Waals surface area contributed by atoms with Crippen molar-refractivity contribution in [2.24, 2.45) is 0 Å². The predicted molar refractivity (Wildman–Crippen MR) is 79.3 cm³/mol. The Morgan fingerprint density at radius 2 is 1.58 bits per heavy atom. The number of aryl methyl sites for hydroxylation is 1. The summed E-state index contributed by atoms with van der Waals surface area (Å²) in [6.45, 7) is 2.06. The van der Waals surface area contributed by atoms with Gasteiger partial charge in [0, 0.05) is 22.4 Å². The molecule has 0 unspecified atom stereocenters. The molecule has 4 rings (SSSR count). The molecule has 0 atom stereocenters. The maximum atomic E-state index is 4.77. The lowest BCUT2D eigenvalue weighted by Gasteiger charge is -2.05. The first-order valence-corrected chi connectivity index (χ1v) is 6.36. The van der Waals surface area contributed by atoms with Crippen LogP contribution in [0.4, 0.5) is 0 Å². The minimum atomic E-state index is 0.980. The highest BCUT2D eigenvalue weighted by molar-refractivity contribution is 6.06. The molecule has 0 saturated carbocycles. The third kappa shape index (κ3) is 1.57. The molecule has 19 heavy (non-hydrogen) atoms. The molecule has 0 bridgehead atoms. The SMILES string of the molecule is Cc1cnc2c(ccc3cc4ccccc4nc32)c1. The van der Waals surface area contributed by atoms with Crippen LogP contribution in [0, 0.1) is 6.92 Å². The zero-order valence-electron chi connectivity index (χ0n) is 10.6. The first kappa shape index (κ1) is 10.4. The number of fused-ring (bicyclic) bond motifs is 4. The van der Waals surface area contributed by atoms with Gasteiger partial charge in [0.15, 0.2) is 0 Å². The molecule has 0 N–H and O–H groups in total. The monoisotopic (exact) mass is 244 g/mol. The topological polar surface area (TPSA) is 25.8 Å². The molecule has 2 heteroatoms. The highest BCUT2D eigenvalue weighted by atomic mass is 14.7. The van der Waals surface area contributed by atoms with Gasteiger partial charge < -0.3 is 0 Å². The molecule has 0 saturated heterocycles. The summed E-state index contributed by atoms with van der Waals surface area (Å²) in [7, 11) is 0. The van der Waals surface area contributed by atoms with Crippen molar-refractivity contribution in [2.45, 2.75) is 6.92 Å². The lowest BCUT2D eigenvalue weighted by atomic mass is 10.1. The number of pyridine rings is 2. The van der Waals surface area contributed by atoms with E-state index in [4.69, 9.17) is 4.98 Å². The van der Waals surface area contributed by atoms with Crippen LogP contribution < -0.4 is 0 Å². The van der Waals surface area contributed by atoms with Gasteiger partial charge in [-0.05, 0) is 30.7 Å². The molecule has 2 heterocycles. The summed E-state index contributed by atoms with van der Waals surface area (Å²) in [5, 5.41) is 3.46. The molecule has 2 aromatic heterocycles. The number of hydrogen-bond donors (Lipinski definition) is 0. The second-order valence-corrected chi connectivity index (χ2v) is 4.90. The molecule has 0 amide bonds. The van der Waals surface area contributed by atoms with Gasteiger partial charge in [-0.1, -0.05) is 30.3 Å². The van der Waals surface area contributed by atoms with E-state index in [0.717, 1.165) is 27.3 Å². The summed E-state index contributed by atoms with van der Waals surface area (Å²) in [6.07, 6.45) is 1.90. The van der Waals surface area contributed by atoms with E-state index in [1.807, 2.05) is 24.4 Å². The van der Waals surface area contributed by atoms with Crippen LogP contribution in [-0.2, 0) is 0 Å². The molecule has 0 spiro atoms. The van der Waals surface area contributed by atoms with E-state index in [0.29, 0.717) is 0 Å². The Balaban J connectivity index is 2.22. The Kier molecular flexibility index (Phi) is 2.06. The van der Waals surface area contributed by atoms with Gasteiger partial charge in [-0.3, -0.25) is 4.98 Å². The van der Waals surface area contributed by atoms with Crippen LogP contribution in [-0.4, -0.2) is 9.97 Å². The largest absolute Gasteiger partial charge is 0.254 e. The Bertz CT molecular complexity index is 926. The standard InChI is InChI=1S/C17H12N2/c1-11-8-13-6-7-14-9-12-4-2-3-5-15(12)19-17(14)16(13)18-10-11/h2-10H,1H3. The average molecular weight is 244 g/mol. The van der Waals surface area contributed by atoms with Crippen molar-refractivity contribution in [1.29, 1.82) is 0 Å². The second-order valence-electron chi connectivity index (χ2n) is 4.90. The minimum Gasteiger partial charge on any atom is -0.254 e. The Hall–Kier alpha value is -2.48. The van der Waals surface area contributed by atoms with Crippen molar-refractivity contribution in [3.63, 3.8) is 0 Å². The number of para-hydroxylation sites is 1. The maximum absolute atomic E-state index is 4.77. The van der Waals surface area contributed by atoms with Gasteiger partial charge in [0.2, 0.25) is 0 Å². The molecular weight excluding hydrogens is 232 g/mol. The fraction of sp³-hybridized carbons (Fsp3) is 0.0588. The molecule has 0 aliphatic heterocycles. The van der Waals surface area contributed by atoms with Crippen LogP contribution >= 0.6 is 0 Å². The molecular formula is C17H12N2. The molecule has 0 aliphatic rings. The van der Waals surface area contributed by atoms with Crippen molar-refractivity contribution in [3.8, 4) is 0 Å². The molecule has 0 radical (unpaired) electrons. The zero-order valence-corrected chi connectivity index (χ0v) is 10.6. The first-order valence-electron chi connectivity index (χ1n) is 6.36. The van der Waals surface area contributed by atoms with E-state index < -0.39 is 0 Å². The lowest BCUT2D eigenvalue weighted by Crippen LogP contribution is -1.87.